The van der Waals surface area contributed by atoms with E-state index in [-0.39, 0.29) is 12.1 Å². The lowest BCUT2D eigenvalue weighted by Crippen LogP contribution is -2.32. The second-order valence-corrected chi connectivity index (χ2v) is 6.52. The highest BCUT2D eigenvalue weighted by atomic mass is 16.5. The van der Waals surface area contributed by atoms with E-state index in [2.05, 4.69) is 20.5 Å². The van der Waals surface area contributed by atoms with Crippen LogP contribution in [0.15, 0.2) is 42.7 Å². The van der Waals surface area contributed by atoms with E-state index in [1.807, 2.05) is 25.1 Å². The van der Waals surface area contributed by atoms with E-state index in [9.17, 15) is 9.59 Å². The van der Waals surface area contributed by atoms with E-state index in [0.717, 1.165) is 37.2 Å². The maximum Gasteiger partial charge on any atom is 0.337 e. The number of hydrogen-bond donors (Lipinski definition) is 2. The van der Waals surface area contributed by atoms with Gasteiger partial charge in [-0.1, -0.05) is 0 Å². The molecular formula is C20H24N4O3. The molecule has 1 saturated heterocycles. The molecular weight excluding hydrogens is 344 g/mol. The molecule has 1 aliphatic heterocycles. The molecule has 1 atom stereocenters. The Labute approximate surface area is 158 Å². The van der Waals surface area contributed by atoms with Crippen molar-refractivity contribution >= 4 is 23.4 Å². The molecule has 142 valence electrons. The third-order valence-electron chi connectivity index (χ3n) is 4.67. The molecule has 1 aliphatic rings. The fourth-order valence-corrected chi connectivity index (χ4v) is 3.21. The number of aromatic nitrogens is 1. The van der Waals surface area contributed by atoms with Gasteiger partial charge in [0.15, 0.2) is 0 Å². The van der Waals surface area contributed by atoms with Gasteiger partial charge in [-0.25, -0.2) is 9.59 Å². The molecule has 2 amide bonds. The predicted molar refractivity (Wildman–Crippen MR) is 104 cm³/mol. The van der Waals surface area contributed by atoms with Gasteiger partial charge in [0.1, 0.15) is 0 Å². The van der Waals surface area contributed by atoms with Crippen LogP contribution in [0, 0.1) is 0 Å². The number of urea groups is 1. The largest absolute Gasteiger partial charge is 0.465 e. The second-order valence-electron chi connectivity index (χ2n) is 6.52. The molecule has 2 aromatic rings. The molecule has 0 radical (unpaired) electrons. The van der Waals surface area contributed by atoms with Gasteiger partial charge in [-0.15, -0.1) is 0 Å². The number of rotatable bonds is 5. The van der Waals surface area contributed by atoms with Crippen LogP contribution in [0.25, 0.3) is 0 Å². The summed E-state index contributed by atoms with van der Waals surface area (Å²) in [5.41, 5.74) is 2.87. The first-order valence-electron chi connectivity index (χ1n) is 9.03. The second kappa shape index (κ2) is 8.53. The third kappa shape index (κ3) is 4.55. The molecule has 2 N–H and O–H groups in total. The first-order valence-corrected chi connectivity index (χ1v) is 9.03. The molecule has 1 aromatic carbocycles. The highest BCUT2D eigenvalue weighted by Gasteiger charge is 2.19. The Morgan fingerprint density at radius 2 is 1.85 bits per heavy atom. The number of hydrogen-bond acceptors (Lipinski definition) is 5. The van der Waals surface area contributed by atoms with Gasteiger partial charge in [-0.05, 0) is 55.7 Å². The smallest absolute Gasteiger partial charge is 0.337 e. The number of carbonyl (C=O) groups excluding carboxylic acids is 2. The Kier molecular flexibility index (Phi) is 5.90. The van der Waals surface area contributed by atoms with E-state index < -0.39 is 5.97 Å². The SMILES string of the molecule is COC(=O)c1ccc(N2CCCC2)c(NC(=O)NC(C)c2ccncc2)c1. The number of nitrogens with one attached hydrogen (secondary N) is 2. The van der Waals surface area contributed by atoms with Gasteiger partial charge in [-0.3, -0.25) is 4.98 Å². The lowest BCUT2D eigenvalue weighted by Gasteiger charge is -2.23. The molecule has 7 heteroatoms. The summed E-state index contributed by atoms with van der Waals surface area (Å²) >= 11 is 0. The first kappa shape index (κ1) is 18.7. The maximum absolute atomic E-state index is 12.5. The fraction of sp³-hybridized carbons (Fsp3) is 0.350. The van der Waals surface area contributed by atoms with Crippen molar-refractivity contribution in [1.29, 1.82) is 0 Å². The Bertz CT molecular complexity index is 804. The van der Waals surface area contributed by atoms with Crippen molar-refractivity contribution in [3.63, 3.8) is 0 Å². The van der Waals surface area contributed by atoms with Crippen LogP contribution in [0.1, 0.15) is 41.7 Å². The number of anilines is 2. The molecule has 1 unspecified atom stereocenters. The summed E-state index contributed by atoms with van der Waals surface area (Å²) in [6.07, 6.45) is 5.61. The number of ether oxygens (including phenoxy) is 1. The maximum atomic E-state index is 12.5. The Hall–Kier alpha value is -3.09. The van der Waals surface area contributed by atoms with Gasteiger partial charge in [0.25, 0.3) is 0 Å². The van der Waals surface area contributed by atoms with Crippen LogP contribution in [0.2, 0.25) is 0 Å². The third-order valence-corrected chi connectivity index (χ3v) is 4.67. The molecule has 0 spiro atoms. The zero-order valence-electron chi connectivity index (χ0n) is 15.6. The number of amides is 2. The molecule has 3 rings (SSSR count). The summed E-state index contributed by atoms with van der Waals surface area (Å²) in [6.45, 7) is 3.77. The van der Waals surface area contributed by atoms with Crippen LogP contribution < -0.4 is 15.5 Å². The quantitative estimate of drug-likeness (QED) is 0.791. The highest BCUT2D eigenvalue weighted by molar-refractivity contribution is 5.97. The zero-order chi connectivity index (χ0) is 19.2. The van der Waals surface area contributed by atoms with E-state index in [1.165, 1.54) is 7.11 Å². The van der Waals surface area contributed by atoms with Gasteiger partial charge in [0.05, 0.1) is 30.1 Å². The average molecular weight is 368 g/mol. The van der Waals surface area contributed by atoms with E-state index in [0.29, 0.717) is 11.3 Å². The minimum atomic E-state index is -0.434. The van der Waals surface area contributed by atoms with Gasteiger partial charge in [0, 0.05) is 25.5 Å². The topological polar surface area (TPSA) is 83.6 Å². The van der Waals surface area contributed by atoms with Crippen molar-refractivity contribution < 1.29 is 14.3 Å². The first-order chi connectivity index (χ1) is 13.1. The standard InChI is InChI=1S/C20H24N4O3/c1-14(15-7-9-21-10-8-15)22-20(26)23-17-13-16(19(25)27-2)5-6-18(17)24-11-3-4-12-24/h5-10,13-14H,3-4,11-12H2,1-2H3,(H2,22,23,26). The number of benzene rings is 1. The van der Waals surface area contributed by atoms with Crippen LogP contribution >= 0.6 is 0 Å². The predicted octanol–water partition coefficient (Wildman–Crippen LogP) is 3.35. The summed E-state index contributed by atoms with van der Waals surface area (Å²) in [4.78, 5) is 30.6. The number of esters is 1. The summed E-state index contributed by atoms with van der Waals surface area (Å²) in [6, 6.07) is 8.46. The molecule has 7 nitrogen and oxygen atoms in total. The zero-order valence-corrected chi connectivity index (χ0v) is 15.6. The van der Waals surface area contributed by atoms with E-state index in [4.69, 9.17) is 4.74 Å². The molecule has 0 saturated carbocycles. The van der Waals surface area contributed by atoms with Crippen molar-refractivity contribution in [3.8, 4) is 0 Å². The van der Waals surface area contributed by atoms with Crippen LogP contribution in [-0.2, 0) is 4.74 Å². The summed E-state index contributed by atoms with van der Waals surface area (Å²) in [7, 11) is 1.34. The monoisotopic (exact) mass is 368 g/mol. The summed E-state index contributed by atoms with van der Waals surface area (Å²) < 4.78 is 4.80. The lowest BCUT2D eigenvalue weighted by atomic mass is 10.1. The van der Waals surface area contributed by atoms with Crippen LogP contribution in [-0.4, -0.2) is 37.2 Å². The summed E-state index contributed by atoms with van der Waals surface area (Å²) in [5.74, 6) is -0.434. The van der Waals surface area contributed by atoms with Crippen molar-refractivity contribution in [3.05, 3.63) is 53.9 Å². The normalized spacial score (nSPS) is 14.5. The van der Waals surface area contributed by atoms with Crippen molar-refractivity contribution in [2.45, 2.75) is 25.8 Å². The average Bonchev–Trinajstić information content (AvgIpc) is 3.22. The van der Waals surface area contributed by atoms with Crippen molar-refractivity contribution in [2.75, 3.05) is 30.4 Å². The number of pyridine rings is 1. The number of methoxy groups -OCH3 is 1. The van der Waals surface area contributed by atoms with Crippen LogP contribution in [0.5, 0.6) is 0 Å². The number of carbonyl (C=O) groups is 2. The highest BCUT2D eigenvalue weighted by Crippen LogP contribution is 2.30. The van der Waals surface area contributed by atoms with E-state index in [1.54, 1.807) is 24.5 Å². The molecule has 0 aliphatic carbocycles. The molecule has 1 aromatic heterocycles. The minimum absolute atomic E-state index is 0.174. The van der Waals surface area contributed by atoms with Crippen LogP contribution in [0.4, 0.5) is 16.2 Å². The Morgan fingerprint density at radius 1 is 1.15 bits per heavy atom. The van der Waals surface area contributed by atoms with Gasteiger partial charge in [0.2, 0.25) is 0 Å². The Morgan fingerprint density at radius 3 is 2.52 bits per heavy atom. The van der Waals surface area contributed by atoms with Crippen molar-refractivity contribution in [2.24, 2.45) is 0 Å². The van der Waals surface area contributed by atoms with Gasteiger partial charge < -0.3 is 20.3 Å². The molecule has 2 heterocycles. The van der Waals surface area contributed by atoms with Crippen molar-refractivity contribution in [1.82, 2.24) is 10.3 Å². The fourth-order valence-electron chi connectivity index (χ4n) is 3.21. The minimum Gasteiger partial charge on any atom is -0.465 e. The lowest BCUT2D eigenvalue weighted by molar-refractivity contribution is 0.0600. The van der Waals surface area contributed by atoms with E-state index >= 15 is 0 Å². The van der Waals surface area contributed by atoms with Gasteiger partial charge >= 0.3 is 12.0 Å². The Balaban J connectivity index is 1.78. The summed E-state index contributed by atoms with van der Waals surface area (Å²) in [5, 5.41) is 5.80. The number of nitrogens with zero attached hydrogens (tertiary/aromatic N) is 2. The molecule has 1 fully saturated rings. The van der Waals surface area contributed by atoms with Gasteiger partial charge in [-0.2, -0.15) is 0 Å². The molecule has 27 heavy (non-hydrogen) atoms. The molecule has 0 bridgehead atoms. The van der Waals surface area contributed by atoms with Crippen LogP contribution in [0.3, 0.4) is 0 Å².